The Labute approximate surface area is 178 Å². The van der Waals surface area contributed by atoms with Crippen LogP contribution in [0, 0.1) is 5.92 Å². The zero-order valence-electron chi connectivity index (χ0n) is 19.6. The van der Waals surface area contributed by atoms with E-state index in [0.29, 0.717) is 29.8 Å². The predicted molar refractivity (Wildman–Crippen MR) is 119 cm³/mol. The summed E-state index contributed by atoms with van der Waals surface area (Å²) in [6.45, 7) is 7.00. The number of phosphoric acid groups is 1. The first-order valence-corrected chi connectivity index (χ1v) is 12.7. The van der Waals surface area contributed by atoms with Crippen molar-refractivity contribution in [1.82, 2.24) is 5.32 Å². The third-order valence-corrected chi connectivity index (χ3v) is 5.57. The monoisotopic (exact) mass is 437 g/mol. The standard InChI is InChI=1S/C21H45N2O5P/c1-7-8-9-10-11-12-13-14-21(24)22-20(17-19(2)3)18-28-29(25,26)27-16-15-23(4,5)6/h19-20H,7-18H2,1-6H3,(H-,22,24,25,26)/p+1/t20-/m0/s1. The molecule has 0 saturated carbocycles. The van der Waals surface area contributed by atoms with Gasteiger partial charge in [-0.1, -0.05) is 59.3 Å². The van der Waals surface area contributed by atoms with Gasteiger partial charge in [0.2, 0.25) is 5.91 Å². The van der Waals surface area contributed by atoms with Crippen LogP contribution in [0.3, 0.4) is 0 Å². The van der Waals surface area contributed by atoms with Crippen molar-refractivity contribution in [1.29, 1.82) is 0 Å². The quantitative estimate of drug-likeness (QED) is 0.187. The number of hydrogen-bond acceptors (Lipinski definition) is 4. The second-order valence-electron chi connectivity index (χ2n) is 9.38. The lowest BCUT2D eigenvalue weighted by Crippen LogP contribution is -2.39. The summed E-state index contributed by atoms with van der Waals surface area (Å²) in [5, 5.41) is 2.96. The molecule has 0 aliphatic heterocycles. The molecule has 7 nitrogen and oxygen atoms in total. The summed E-state index contributed by atoms with van der Waals surface area (Å²) in [5.74, 6) is 0.311. The van der Waals surface area contributed by atoms with E-state index in [1.54, 1.807) is 0 Å². The molecule has 0 bridgehead atoms. The van der Waals surface area contributed by atoms with Crippen LogP contribution in [0.5, 0.6) is 0 Å². The number of nitrogens with one attached hydrogen (secondary N) is 1. The number of carbonyl (C=O) groups excluding carboxylic acids is 1. The maximum absolute atomic E-state index is 12.2. The maximum Gasteiger partial charge on any atom is 0.472 e. The van der Waals surface area contributed by atoms with Crippen LogP contribution < -0.4 is 5.32 Å². The fraction of sp³-hybridized carbons (Fsp3) is 0.952. The number of nitrogens with zero attached hydrogens (tertiary/aromatic N) is 1. The average molecular weight is 438 g/mol. The number of likely N-dealkylation sites (N-methyl/N-ethyl adjacent to an activating group) is 1. The maximum atomic E-state index is 12.2. The largest absolute Gasteiger partial charge is 0.472 e. The minimum Gasteiger partial charge on any atom is -0.351 e. The van der Waals surface area contributed by atoms with Crippen LogP contribution in [0.1, 0.15) is 78.6 Å². The summed E-state index contributed by atoms with van der Waals surface area (Å²) in [7, 11) is 1.81. The zero-order valence-corrected chi connectivity index (χ0v) is 20.5. The Balaban J connectivity index is 4.26. The van der Waals surface area contributed by atoms with E-state index in [4.69, 9.17) is 9.05 Å². The first kappa shape index (κ1) is 28.5. The average Bonchev–Trinajstić information content (AvgIpc) is 2.57. The summed E-state index contributed by atoms with van der Waals surface area (Å²) in [4.78, 5) is 22.1. The number of unbranched alkanes of at least 4 members (excludes halogenated alkanes) is 6. The Kier molecular flexibility index (Phi) is 15.1. The number of carbonyl (C=O) groups is 1. The van der Waals surface area contributed by atoms with E-state index in [-0.39, 0.29) is 25.2 Å². The Morgan fingerprint density at radius 3 is 2.17 bits per heavy atom. The smallest absolute Gasteiger partial charge is 0.351 e. The topological polar surface area (TPSA) is 84.9 Å². The van der Waals surface area contributed by atoms with Crippen LogP contribution in [-0.4, -0.2) is 62.2 Å². The molecule has 0 spiro atoms. The van der Waals surface area contributed by atoms with Crippen LogP contribution in [0.25, 0.3) is 0 Å². The highest BCUT2D eigenvalue weighted by Gasteiger charge is 2.25. The van der Waals surface area contributed by atoms with Gasteiger partial charge < -0.3 is 14.7 Å². The van der Waals surface area contributed by atoms with Gasteiger partial charge in [0.15, 0.2) is 0 Å². The number of quaternary nitrogens is 1. The zero-order chi connectivity index (χ0) is 22.3. The van der Waals surface area contributed by atoms with Crippen molar-refractivity contribution in [2.75, 3.05) is 40.9 Å². The molecule has 0 fully saturated rings. The van der Waals surface area contributed by atoms with Crippen molar-refractivity contribution in [2.45, 2.75) is 84.6 Å². The van der Waals surface area contributed by atoms with E-state index in [2.05, 4.69) is 12.2 Å². The lowest BCUT2D eigenvalue weighted by atomic mass is 10.0. The molecule has 0 aromatic rings. The molecule has 0 saturated heterocycles. The SMILES string of the molecule is CCCCCCCCCC(=O)N[C@H](COP(=O)(O)OCC[N+](C)(C)C)CC(C)C. The second-order valence-corrected chi connectivity index (χ2v) is 10.8. The van der Waals surface area contributed by atoms with Crippen molar-refractivity contribution in [3.05, 3.63) is 0 Å². The van der Waals surface area contributed by atoms with Crippen LogP contribution in [0.4, 0.5) is 0 Å². The first-order chi connectivity index (χ1) is 13.4. The third-order valence-electron chi connectivity index (χ3n) is 4.58. The van der Waals surface area contributed by atoms with Gasteiger partial charge in [-0.3, -0.25) is 13.8 Å². The van der Waals surface area contributed by atoms with Crippen molar-refractivity contribution in [3.8, 4) is 0 Å². The normalized spacial score (nSPS) is 15.3. The van der Waals surface area contributed by atoms with Gasteiger partial charge in [-0.15, -0.1) is 0 Å². The molecule has 0 aliphatic rings. The number of amides is 1. The third kappa shape index (κ3) is 19.3. The minimum absolute atomic E-state index is 0.0217. The van der Waals surface area contributed by atoms with E-state index in [9.17, 15) is 14.3 Å². The molecule has 29 heavy (non-hydrogen) atoms. The molecule has 1 amide bonds. The molecule has 1 unspecified atom stereocenters. The Morgan fingerprint density at radius 1 is 1.03 bits per heavy atom. The summed E-state index contributed by atoms with van der Waals surface area (Å²) in [6, 6.07) is -0.297. The predicted octanol–water partition coefficient (Wildman–Crippen LogP) is 4.50. The molecule has 0 radical (unpaired) electrons. The van der Waals surface area contributed by atoms with Crippen LogP contribution in [0.15, 0.2) is 0 Å². The highest BCUT2D eigenvalue weighted by Crippen LogP contribution is 2.43. The van der Waals surface area contributed by atoms with Crippen molar-refractivity contribution < 1.29 is 27.8 Å². The fourth-order valence-electron chi connectivity index (χ4n) is 2.93. The van der Waals surface area contributed by atoms with E-state index in [1.165, 1.54) is 32.1 Å². The fourth-order valence-corrected chi connectivity index (χ4v) is 3.69. The van der Waals surface area contributed by atoms with Gasteiger partial charge in [-0.2, -0.15) is 0 Å². The summed E-state index contributed by atoms with van der Waals surface area (Å²) in [6.07, 6.45) is 9.31. The molecule has 8 heteroatoms. The van der Waals surface area contributed by atoms with E-state index < -0.39 is 7.82 Å². The summed E-state index contributed by atoms with van der Waals surface area (Å²) >= 11 is 0. The summed E-state index contributed by atoms with van der Waals surface area (Å²) < 4.78 is 22.9. The number of phosphoric ester groups is 1. The van der Waals surface area contributed by atoms with Gasteiger partial charge in [0, 0.05) is 6.42 Å². The van der Waals surface area contributed by atoms with Gasteiger partial charge in [-0.25, -0.2) is 4.57 Å². The molecule has 0 heterocycles. The highest BCUT2D eigenvalue weighted by atomic mass is 31.2. The van der Waals surface area contributed by atoms with Crippen molar-refractivity contribution >= 4 is 13.7 Å². The Hall–Kier alpha value is -0.460. The van der Waals surface area contributed by atoms with Crippen molar-refractivity contribution in [3.63, 3.8) is 0 Å². The molecule has 0 rings (SSSR count). The highest BCUT2D eigenvalue weighted by molar-refractivity contribution is 7.47. The van der Waals surface area contributed by atoms with E-state index >= 15 is 0 Å². The van der Waals surface area contributed by atoms with Gasteiger partial charge in [-0.05, 0) is 18.8 Å². The number of hydrogen-bond donors (Lipinski definition) is 2. The van der Waals surface area contributed by atoms with E-state index in [1.807, 2.05) is 35.0 Å². The molecule has 174 valence electrons. The number of rotatable bonds is 18. The second kappa shape index (κ2) is 15.4. The molecular weight excluding hydrogens is 391 g/mol. The van der Waals surface area contributed by atoms with Gasteiger partial charge in [0.1, 0.15) is 13.2 Å². The lowest BCUT2D eigenvalue weighted by molar-refractivity contribution is -0.870. The van der Waals surface area contributed by atoms with E-state index in [0.717, 1.165) is 12.8 Å². The molecule has 0 aromatic heterocycles. The van der Waals surface area contributed by atoms with Crippen LogP contribution >= 0.6 is 7.82 Å². The van der Waals surface area contributed by atoms with Gasteiger partial charge >= 0.3 is 7.82 Å². The molecule has 0 aromatic carbocycles. The minimum atomic E-state index is -4.12. The molecule has 0 aliphatic carbocycles. The Bertz CT molecular complexity index is 480. The molecule has 2 atom stereocenters. The summed E-state index contributed by atoms with van der Waals surface area (Å²) in [5.41, 5.74) is 0. The van der Waals surface area contributed by atoms with Gasteiger partial charge in [0.25, 0.3) is 0 Å². The van der Waals surface area contributed by atoms with Crippen molar-refractivity contribution in [2.24, 2.45) is 5.92 Å². The lowest BCUT2D eigenvalue weighted by Gasteiger charge is -2.25. The van der Waals surface area contributed by atoms with Crippen LogP contribution in [0.2, 0.25) is 0 Å². The molecular formula is C21H46N2O5P+. The Morgan fingerprint density at radius 2 is 1.62 bits per heavy atom. The first-order valence-electron chi connectivity index (χ1n) is 11.2. The van der Waals surface area contributed by atoms with Gasteiger partial charge in [0.05, 0.1) is 33.8 Å². The molecule has 2 N–H and O–H groups in total. The van der Waals surface area contributed by atoms with Crippen LogP contribution in [-0.2, 0) is 18.4 Å².